The van der Waals surface area contributed by atoms with Crippen LogP contribution in [-0.2, 0) is 21.9 Å². The maximum absolute atomic E-state index is 13.1. The summed E-state index contributed by atoms with van der Waals surface area (Å²) in [6.07, 6.45) is -7.90. The molecule has 2 heterocycles. The topological polar surface area (TPSA) is 41.6 Å². The van der Waals surface area contributed by atoms with Gasteiger partial charge >= 0.3 is 12.4 Å². The Morgan fingerprint density at radius 1 is 1.16 bits per heavy atom. The smallest absolute Gasteiger partial charge is 0.372 e. The summed E-state index contributed by atoms with van der Waals surface area (Å²) < 4.78 is 84.2. The van der Waals surface area contributed by atoms with Gasteiger partial charge in [0.05, 0.1) is 23.8 Å². The fourth-order valence-corrected chi connectivity index (χ4v) is 4.10. The Morgan fingerprint density at radius 2 is 1.77 bits per heavy atom. The number of amides is 1. The molecule has 0 aromatic heterocycles. The van der Waals surface area contributed by atoms with Gasteiger partial charge in [0, 0.05) is 31.1 Å². The molecule has 31 heavy (non-hydrogen) atoms. The zero-order valence-corrected chi connectivity index (χ0v) is 17.4. The fourth-order valence-electron chi connectivity index (χ4n) is 4.10. The van der Waals surface area contributed by atoms with Gasteiger partial charge in [-0.1, -0.05) is 0 Å². The molecule has 0 spiro atoms. The molecule has 2 fully saturated rings. The highest BCUT2D eigenvalue weighted by Crippen LogP contribution is 2.38. The molecule has 2 saturated heterocycles. The van der Waals surface area contributed by atoms with Crippen LogP contribution in [0.25, 0.3) is 0 Å². The third kappa shape index (κ3) is 5.71. The number of piperidine rings is 1. The molecule has 1 N–H and O–H groups in total. The predicted molar refractivity (Wildman–Crippen MR) is 101 cm³/mol. The second-order valence-electron chi connectivity index (χ2n) is 8.62. The van der Waals surface area contributed by atoms with E-state index in [1.165, 1.54) is 6.92 Å². The maximum atomic E-state index is 13.1. The van der Waals surface area contributed by atoms with Gasteiger partial charge in [-0.2, -0.15) is 26.3 Å². The number of halogens is 6. The van der Waals surface area contributed by atoms with Gasteiger partial charge in [0.1, 0.15) is 0 Å². The molecule has 10 heteroatoms. The van der Waals surface area contributed by atoms with Crippen LogP contribution in [0.5, 0.6) is 0 Å². The number of carbonyl (C=O) groups is 1. The first-order valence-electron chi connectivity index (χ1n) is 10.2. The van der Waals surface area contributed by atoms with Crippen molar-refractivity contribution in [2.24, 2.45) is 0 Å². The summed E-state index contributed by atoms with van der Waals surface area (Å²) in [4.78, 5) is 13.8. The number of nitrogens with zero attached hydrogens (tertiary/aromatic N) is 1. The molecule has 174 valence electrons. The second kappa shape index (κ2) is 8.61. The molecular weight excluding hydrogens is 426 g/mol. The van der Waals surface area contributed by atoms with Gasteiger partial charge in [-0.25, -0.2) is 0 Å². The predicted octanol–water partition coefficient (Wildman–Crippen LogP) is 4.93. The third-order valence-electron chi connectivity index (χ3n) is 6.08. The van der Waals surface area contributed by atoms with Crippen molar-refractivity contribution < 1.29 is 35.9 Å². The average Bonchev–Trinajstić information content (AvgIpc) is 3.11. The summed E-state index contributed by atoms with van der Waals surface area (Å²) in [7, 11) is 0. The summed E-state index contributed by atoms with van der Waals surface area (Å²) in [6.45, 7) is 4.77. The van der Waals surface area contributed by atoms with Gasteiger partial charge in [-0.15, -0.1) is 0 Å². The zero-order chi connectivity index (χ0) is 23.0. The molecule has 0 radical (unpaired) electrons. The average molecular weight is 452 g/mol. The minimum Gasteiger partial charge on any atom is -0.372 e. The summed E-state index contributed by atoms with van der Waals surface area (Å²) in [5.41, 5.74) is -3.37. The Kier molecular flexibility index (Phi) is 6.63. The Balaban J connectivity index is 1.65. The van der Waals surface area contributed by atoms with E-state index in [1.54, 1.807) is 0 Å². The van der Waals surface area contributed by atoms with Crippen molar-refractivity contribution in [2.75, 3.05) is 19.7 Å². The number of ether oxygens (including phenoxy) is 1. The molecule has 3 unspecified atom stereocenters. The van der Waals surface area contributed by atoms with E-state index in [2.05, 4.69) is 5.32 Å². The molecule has 0 bridgehead atoms. The number of rotatable bonds is 5. The van der Waals surface area contributed by atoms with Gasteiger partial charge < -0.3 is 15.0 Å². The SMILES string of the molecule is CC(OCC1(C)CCC(N2CCCC2=O)CN1)c1cc(C(F)(F)F)cc(C(F)(F)F)c1. The first-order valence-corrected chi connectivity index (χ1v) is 10.2. The molecule has 1 aromatic carbocycles. The van der Waals surface area contributed by atoms with Crippen LogP contribution in [0.4, 0.5) is 26.3 Å². The standard InChI is InChI=1S/C21H26F6N2O2/c1-13(14-8-15(20(22,23)24)10-16(9-14)21(25,26)27)31-12-19(2)6-5-17(11-28-19)29-7-3-4-18(29)30/h8-10,13,17,28H,3-7,11-12H2,1-2H3. The highest BCUT2D eigenvalue weighted by molar-refractivity contribution is 5.78. The normalized spacial score (nSPS) is 26.4. The molecule has 0 saturated carbocycles. The highest BCUT2D eigenvalue weighted by Gasteiger charge is 2.39. The van der Waals surface area contributed by atoms with Crippen LogP contribution >= 0.6 is 0 Å². The lowest BCUT2D eigenvalue weighted by Gasteiger charge is -2.42. The van der Waals surface area contributed by atoms with Crippen molar-refractivity contribution in [1.29, 1.82) is 0 Å². The van der Waals surface area contributed by atoms with Crippen LogP contribution in [0.2, 0.25) is 0 Å². The quantitative estimate of drug-likeness (QED) is 0.644. The van der Waals surface area contributed by atoms with Crippen LogP contribution in [0.3, 0.4) is 0 Å². The van der Waals surface area contributed by atoms with Crippen LogP contribution in [0.15, 0.2) is 18.2 Å². The van der Waals surface area contributed by atoms with Gasteiger partial charge in [-0.3, -0.25) is 4.79 Å². The van der Waals surface area contributed by atoms with E-state index in [0.717, 1.165) is 19.4 Å². The second-order valence-corrected chi connectivity index (χ2v) is 8.62. The third-order valence-corrected chi connectivity index (χ3v) is 6.08. The van der Waals surface area contributed by atoms with Crippen LogP contribution in [0.1, 0.15) is 62.3 Å². The van der Waals surface area contributed by atoms with Crippen molar-refractivity contribution >= 4 is 5.91 Å². The van der Waals surface area contributed by atoms with E-state index in [1.807, 2.05) is 11.8 Å². The van der Waals surface area contributed by atoms with Crippen molar-refractivity contribution in [1.82, 2.24) is 10.2 Å². The molecular formula is C21H26F6N2O2. The minimum absolute atomic E-state index is 0.0957. The zero-order valence-electron chi connectivity index (χ0n) is 17.4. The first kappa shape index (κ1) is 23.8. The van der Waals surface area contributed by atoms with Crippen molar-refractivity contribution in [3.8, 4) is 0 Å². The number of nitrogens with one attached hydrogen (secondary N) is 1. The Hall–Kier alpha value is -1.81. The lowest BCUT2D eigenvalue weighted by molar-refractivity contribution is -0.143. The van der Waals surface area contributed by atoms with Crippen molar-refractivity contribution in [2.45, 2.75) is 69.6 Å². The fraction of sp³-hybridized carbons (Fsp3) is 0.667. The monoisotopic (exact) mass is 452 g/mol. The lowest BCUT2D eigenvalue weighted by atomic mass is 9.89. The molecule has 2 aliphatic heterocycles. The molecule has 1 aromatic rings. The van der Waals surface area contributed by atoms with Crippen LogP contribution in [0, 0.1) is 0 Å². The molecule has 1 amide bonds. The summed E-state index contributed by atoms with van der Waals surface area (Å²) in [5.74, 6) is 0.144. The van der Waals surface area contributed by atoms with E-state index in [0.29, 0.717) is 31.5 Å². The van der Waals surface area contributed by atoms with Gasteiger partial charge in [0.15, 0.2) is 0 Å². The van der Waals surface area contributed by atoms with Crippen LogP contribution in [-0.4, -0.2) is 42.1 Å². The molecule has 0 aliphatic carbocycles. The first-order chi connectivity index (χ1) is 14.3. The van der Waals surface area contributed by atoms with Gasteiger partial charge in [0.25, 0.3) is 0 Å². The number of alkyl halides is 6. The summed E-state index contributed by atoms with van der Waals surface area (Å²) in [6, 6.07) is 1.61. The Labute approximate surface area is 176 Å². The van der Waals surface area contributed by atoms with E-state index in [-0.39, 0.29) is 30.2 Å². The Morgan fingerprint density at radius 3 is 2.23 bits per heavy atom. The number of hydrogen-bond donors (Lipinski definition) is 1. The number of hydrogen-bond acceptors (Lipinski definition) is 3. The minimum atomic E-state index is -4.89. The van der Waals surface area contributed by atoms with Crippen molar-refractivity contribution in [3.05, 3.63) is 34.9 Å². The van der Waals surface area contributed by atoms with Gasteiger partial charge in [0.2, 0.25) is 5.91 Å². The molecule has 4 nitrogen and oxygen atoms in total. The maximum Gasteiger partial charge on any atom is 0.416 e. The van der Waals surface area contributed by atoms with E-state index < -0.39 is 35.1 Å². The largest absolute Gasteiger partial charge is 0.416 e. The summed E-state index contributed by atoms with van der Waals surface area (Å²) in [5, 5.41) is 3.34. The van der Waals surface area contributed by atoms with Crippen LogP contribution < -0.4 is 5.32 Å². The van der Waals surface area contributed by atoms with E-state index >= 15 is 0 Å². The lowest BCUT2D eigenvalue weighted by Crippen LogP contribution is -2.57. The summed E-state index contributed by atoms with van der Waals surface area (Å²) >= 11 is 0. The van der Waals surface area contributed by atoms with Gasteiger partial charge in [-0.05, 0) is 56.9 Å². The Bertz CT molecular complexity index is 768. The number of benzene rings is 1. The highest BCUT2D eigenvalue weighted by atomic mass is 19.4. The number of carbonyl (C=O) groups excluding carboxylic acids is 1. The van der Waals surface area contributed by atoms with E-state index in [4.69, 9.17) is 4.74 Å². The van der Waals surface area contributed by atoms with Crippen molar-refractivity contribution in [3.63, 3.8) is 0 Å². The van der Waals surface area contributed by atoms with E-state index in [9.17, 15) is 31.1 Å². The molecule has 3 atom stereocenters. The number of likely N-dealkylation sites (tertiary alicyclic amines) is 1. The molecule has 3 rings (SSSR count). The molecule has 2 aliphatic rings.